The van der Waals surface area contributed by atoms with Crippen LogP contribution in [0.2, 0.25) is 0 Å². The molecule has 0 fully saturated rings. The number of hydrogen-bond acceptors (Lipinski definition) is 4. The number of benzene rings is 1. The number of methoxy groups -OCH3 is 1. The van der Waals surface area contributed by atoms with Gasteiger partial charge >= 0.3 is 0 Å². The Morgan fingerprint density at radius 3 is 2.47 bits per heavy atom. The van der Waals surface area contributed by atoms with E-state index in [0.29, 0.717) is 11.4 Å². The number of hydrogen-bond donors (Lipinski definition) is 2. The minimum atomic E-state index is 0.0692. The van der Waals surface area contributed by atoms with Gasteiger partial charge < -0.3 is 15.4 Å². The van der Waals surface area contributed by atoms with Crippen molar-refractivity contribution in [2.45, 2.75) is 0 Å². The molecule has 5 heteroatoms. The molecule has 0 aliphatic rings. The van der Waals surface area contributed by atoms with Crippen LogP contribution in [-0.4, -0.2) is 25.0 Å². The quantitative estimate of drug-likeness (QED) is 0.649. The highest BCUT2D eigenvalue weighted by Crippen LogP contribution is 2.25. The lowest BCUT2D eigenvalue weighted by atomic mass is 10.2. The Labute approximate surface area is 112 Å². The van der Waals surface area contributed by atoms with E-state index in [2.05, 4.69) is 4.98 Å². The number of nitrogen functional groups attached to an aromatic ring is 1. The number of amidine groups is 1. The second-order valence-electron chi connectivity index (χ2n) is 4.08. The van der Waals surface area contributed by atoms with Gasteiger partial charge in [-0.3, -0.25) is 5.41 Å². The van der Waals surface area contributed by atoms with Crippen molar-refractivity contribution >= 4 is 17.2 Å². The molecule has 1 aromatic heterocycles. The summed E-state index contributed by atoms with van der Waals surface area (Å²) in [7, 11) is 3.55. The Bertz CT molecular complexity index is 580. The monoisotopic (exact) mass is 256 g/mol. The second kappa shape index (κ2) is 5.39. The highest BCUT2D eigenvalue weighted by Gasteiger charge is 2.06. The standard InChI is InChI=1S/C14H16N4O/c1-18(12-7-8-17-13(9-12)19-2)11-5-3-10(4-6-11)14(15)16/h3-9H,1-2H3,(H3,15,16). The summed E-state index contributed by atoms with van der Waals surface area (Å²) in [5.41, 5.74) is 8.12. The zero-order valence-electron chi connectivity index (χ0n) is 10.9. The summed E-state index contributed by atoms with van der Waals surface area (Å²) in [6.45, 7) is 0. The topological polar surface area (TPSA) is 75.2 Å². The van der Waals surface area contributed by atoms with Crippen molar-refractivity contribution in [1.82, 2.24) is 4.98 Å². The van der Waals surface area contributed by atoms with Gasteiger partial charge in [-0.2, -0.15) is 0 Å². The zero-order valence-corrected chi connectivity index (χ0v) is 10.9. The third kappa shape index (κ3) is 2.82. The summed E-state index contributed by atoms with van der Waals surface area (Å²) in [4.78, 5) is 6.09. The smallest absolute Gasteiger partial charge is 0.214 e. The van der Waals surface area contributed by atoms with E-state index in [1.807, 2.05) is 48.3 Å². The summed E-state index contributed by atoms with van der Waals surface area (Å²) in [6.07, 6.45) is 1.70. The molecule has 19 heavy (non-hydrogen) atoms. The van der Waals surface area contributed by atoms with Crippen LogP contribution < -0.4 is 15.4 Å². The first-order chi connectivity index (χ1) is 9.11. The fourth-order valence-corrected chi connectivity index (χ4v) is 1.73. The molecular weight excluding hydrogens is 240 g/mol. The maximum absolute atomic E-state index is 7.37. The molecule has 2 aromatic rings. The van der Waals surface area contributed by atoms with E-state index in [9.17, 15) is 0 Å². The number of aromatic nitrogens is 1. The molecule has 5 nitrogen and oxygen atoms in total. The number of pyridine rings is 1. The van der Waals surface area contributed by atoms with Gasteiger partial charge in [-0.1, -0.05) is 0 Å². The summed E-state index contributed by atoms with van der Waals surface area (Å²) < 4.78 is 5.11. The lowest BCUT2D eigenvalue weighted by molar-refractivity contribution is 0.398. The van der Waals surface area contributed by atoms with E-state index in [4.69, 9.17) is 15.9 Å². The van der Waals surface area contributed by atoms with Crippen molar-refractivity contribution < 1.29 is 4.74 Å². The highest BCUT2D eigenvalue weighted by atomic mass is 16.5. The van der Waals surface area contributed by atoms with Crippen molar-refractivity contribution in [2.75, 3.05) is 19.1 Å². The minimum Gasteiger partial charge on any atom is -0.481 e. The van der Waals surface area contributed by atoms with Crippen LogP contribution in [0, 0.1) is 5.41 Å². The summed E-state index contributed by atoms with van der Waals surface area (Å²) in [6, 6.07) is 11.3. The average Bonchev–Trinajstić information content (AvgIpc) is 2.46. The third-order valence-electron chi connectivity index (χ3n) is 2.88. The van der Waals surface area contributed by atoms with Crippen molar-refractivity contribution in [1.29, 1.82) is 5.41 Å². The molecule has 0 saturated carbocycles. The van der Waals surface area contributed by atoms with Crippen molar-refractivity contribution in [3.63, 3.8) is 0 Å². The molecule has 0 bridgehead atoms. The van der Waals surface area contributed by atoms with E-state index >= 15 is 0 Å². The van der Waals surface area contributed by atoms with Gasteiger partial charge in [0.05, 0.1) is 7.11 Å². The van der Waals surface area contributed by atoms with Gasteiger partial charge in [-0.25, -0.2) is 4.98 Å². The Morgan fingerprint density at radius 1 is 1.21 bits per heavy atom. The largest absolute Gasteiger partial charge is 0.481 e. The second-order valence-corrected chi connectivity index (χ2v) is 4.08. The van der Waals surface area contributed by atoms with E-state index in [1.165, 1.54) is 0 Å². The van der Waals surface area contributed by atoms with Gasteiger partial charge in [-0.15, -0.1) is 0 Å². The maximum Gasteiger partial charge on any atom is 0.214 e. The molecule has 0 aliphatic heterocycles. The molecule has 0 spiro atoms. The first kappa shape index (κ1) is 12.9. The Morgan fingerprint density at radius 2 is 1.89 bits per heavy atom. The van der Waals surface area contributed by atoms with Gasteiger partial charge in [0.25, 0.3) is 0 Å². The molecule has 0 amide bonds. The van der Waals surface area contributed by atoms with Crippen LogP contribution in [0.1, 0.15) is 5.56 Å². The third-order valence-corrected chi connectivity index (χ3v) is 2.88. The predicted octanol–water partition coefficient (Wildman–Crippen LogP) is 2.14. The molecule has 0 unspecified atom stereocenters. The molecule has 0 saturated heterocycles. The SMILES string of the molecule is COc1cc(N(C)c2ccc(C(=N)N)cc2)ccn1. The molecule has 0 radical (unpaired) electrons. The van der Waals surface area contributed by atoms with Crippen molar-refractivity contribution in [3.8, 4) is 5.88 Å². The van der Waals surface area contributed by atoms with Gasteiger partial charge in [0, 0.05) is 36.2 Å². The Balaban J connectivity index is 2.27. The number of rotatable bonds is 4. The summed E-state index contributed by atoms with van der Waals surface area (Å²) in [5, 5.41) is 7.37. The molecular formula is C14H16N4O. The number of nitrogens with two attached hydrogens (primary N) is 1. The summed E-state index contributed by atoms with van der Waals surface area (Å²) >= 11 is 0. The fraction of sp³-hybridized carbons (Fsp3) is 0.143. The van der Waals surface area contributed by atoms with Crippen molar-refractivity contribution in [2.24, 2.45) is 5.73 Å². The van der Waals surface area contributed by atoms with Crippen LogP contribution in [-0.2, 0) is 0 Å². The zero-order chi connectivity index (χ0) is 13.8. The van der Waals surface area contributed by atoms with E-state index in [0.717, 1.165) is 11.4 Å². The average molecular weight is 256 g/mol. The highest BCUT2D eigenvalue weighted by molar-refractivity contribution is 5.95. The molecule has 0 atom stereocenters. The van der Waals surface area contributed by atoms with E-state index < -0.39 is 0 Å². The Hall–Kier alpha value is -2.56. The molecule has 1 heterocycles. The van der Waals surface area contributed by atoms with E-state index in [1.54, 1.807) is 13.3 Å². The predicted molar refractivity (Wildman–Crippen MR) is 76.3 cm³/mol. The van der Waals surface area contributed by atoms with Crippen molar-refractivity contribution in [3.05, 3.63) is 48.2 Å². The summed E-state index contributed by atoms with van der Waals surface area (Å²) in [5.74, 6) is 0.643. The van der Waals surface area contributed by atoms with Crippen LogP contribution in [0.25, 0.3) is 0 Å². The lowest BCUT2D eigenvalue weighted by Gasteiger charge is -2.20. The first-order valence-corrected chi connectivity index (χ1v) is 5.80. The molecule has 2 rings (SSSR count). The number of nitrogens with zero attached hydrogens (tertiary/aromatic N) is 2. The number of anilines is 2. The normalized spacial score (nSPS) is 10.0. The lowest BCUT2D eigenvalue weighted by Crippen LogP contribution is -2.12. The van der Waals surface area contributed by atoms with Crippen LogP contribution in [0.3, 0.4) is 0 Å². The van der Waals surface area contributed by atoms with Crippen LogP contribution in [0.15, 0.2) is 42.6 Å². The molecule has 3 N–H and O–H groups in total. The first-order valence-electron chi connectivity index (χ1n) is 5.80. The molecule has 98 valence electrons. The van der Waals surface area contributed by atoms with Gasteiger partial charge in [-0.05, 0) is 30.3 Å². The minimum absolute atomic E-state index is 0.0692. The molecule has 1 aromatic carbocycles. The van der Waals surface area contributed by atoms with Gasteiger partial charge in [0.15, 0.2) is 0 Å². The van der Waals surface area contributed by atoms with Gasteiger partial charge in [0.2, 0.25) is 5.88 Å². The molecule has 0 aliphatic carbocycles. The van der Waals surface area contributed by atoms with E-state index in [-0.39, 0.29) is 5.84 Å². The van der Waals surface area contributed by atoms with Crippen LogP contribution >= 0.6 is 0 Å². The fourth-order valence-electron chi connectivity index (χ4n) is 1.73. The van der Waals surface area contributed by atoms with Crippen LogP contribution in [0.4, 0.5) is 11.4 Å². The van der Waals surface area contributed by atoms with Gasteiger partial charge in [0.1, 0.15) is 5.84 Å². The van der Waals surface area contributed by atoms with Crippen LogP contribution in [0.5, 0.6) is 5.88 Å². The number of nitrogens with one attached hydrogen (secondary N) is 1. The Kier molecular flexibility index (Phi) is 3.66. The number of ether oxygens (including phenoxy) is 1. The maximum atomic E-state index is 7.37.